The molecule has 3 rings (SSSR count). The maximum absolute atomic E-state index is 12.9. The maximum Gasteiger partial charge on any atom is 0.325 e. The highest BCUT2D eigenvalue weighted by Crippen LogP contribution is 2.37. The Kier molecular flexibility index (Phi) is 5.66. The molecule has 7 nitrogen and oxygen atoms in total. The Morgan fingerprint density at radius 2 is 1.96 bits per heavy atom. The molecule has 2 aromatic carbocycles. The van der Waals surface area contributed by atoms with Gasteiger partial charge in [0.25, 0.3) is 10.0 Å². The van der Waals surface area contributed by atoms with Crippen LogP contribution in [0.5, 0.6) is 0 Å². The van der Waals surface area contributed by atoms with Crippen LogP contribution in [-0.2, 0) is 24.3 Å². The van der Waals surface area contributed by atoms with Crippen LogP contribution in [0.15, 0.2) is 46.2 Å². The van der Waals surface area contributed by atoms with E-state index in [2.05, 4.69) is 9.46 Å². The molecule has 0 atom stereocenters. The fraction of sp³-hybridized carbons (Fsp3) is 0.263. The largest absolute Gasteiger partial charge is 0.468 e. The summed E-state index contributed by atoms with van der Waals surface area (Å²) in [4.78, 5) is 25.9. The third-order valence-corrected chi connectivity index (χ3v) is 6.75. The first-order chi connectivity index (χ1) is 13.2. The number of sulfonamides is 1. The zero-order valence-electron chi connectivity index (χ0n) is 15.7. The summed E-state index contributed by atoms with van der Waals surface area (Å²) in [5, 5.41) is 0. The summed E-state index contributed by atoms with van der Waals surface area (Å²) in [6.07, 6.45) is 0. The lowest BCUT2D eigenvalue weighted by Gasteiger charge is -2.28. The number of fused-ring (bicyclic) bond motifs is 1. The number of hydrogen-bond donors (Lipinski definition) is 1. The van der Waals surface area contributed by atoms with Crippen LogP contribution in [0, 0.1) is 13.8 Å². The molecule has 0 bridgehead atoms. The summed E-state index contributed by atoms with van der Waals surface area (Å²) < 4.78 is 33.1. The number of rotatable bonds is 5. The van der Waals surface area contributed by atoms with Crippen molar-refractivity contribution >= 4 is 45.0 Å². The average molecular weight is 421 g/mol. The predicted octanol–water partition coefficient (Wildman–Crippen LogP) is 2.72. The molecule has 1 amide bonds. The van der Waals surface area contributed by atoms with Gasteiger partial charge >= 0.3 is 5.97 Å². The van der Waals surface area contributed by atoms with Gasteiger partial charge in [0, 0.05) is 4.90 Å². The minimum Gasteiger partial charge on any atom is -0.468 e. The zero-order chi connectivity index (χ0) is 20.5. The first-order valence-electron chi connectivity index (χ1n) is 8.45. The van der Waals surface area contributed by atoms with E-state index in [0.29, 0.717) is 11.4 Å². The average Bonchev–Trinajstić information content (AvgIpc) is 2.66. The van der Waals surface area contributed by atoms with Crippen molar-refractivity contribution in [3.8, 4) is 0 Å². The molecule has 0 aromatic heterocycles. The minimum absolute atomic E-state index is 0.0114. The van der Waals surface area contributed by atoms with Crippen LogP contribution in [0.25, 0.3) is 0 Å². The fourth-order valence-corrected chi connectivity index (χ4v) is 4.82. The lowest BCUT2D eigenvalue weighted by molar-refractivity contribution is -0.139. The van der Waals surface area contributed by atoms with E-state index < -0.39 is 16.0 Å². The van der Waals surface area contributed by atoms with E-state index in [1.807, 2.05) is 26.0 Å². The summed E-state index contributed by atoms with van der Waals surface area (Å²) >= 11 is 1.30. The Hall–Kier alpha value is -2.52. The Bertz CT molecular complexity index is 1050. The molecule has 0 saturated carbocycles. The molecule has 0 radical (unpaired) electrons. The van der Waals surface area contributed by atoms with Crippen molar-refractivity contribution in [3.63, 3.8) is 0 Å². The number of thioether (sulfide) groups is 1. The van der Waals surface area contributed by atoms with Gasteiger partial charge < -0.3 is 4.74 Å². The third-order valence-electron chi connectivity index (χ3n) is 4.34. The molecule has 1 aliphatic heterocycles. The molecule has 1 heterocycles. The Balaban J connectivity index is 1.98. The lowest BCUT2D eigenvalue weighted by Crippen LogP contribution is -2.39. The smallest absolute Gasteiger partial charge is 0.325 e. The van der Waals surface area contributed by atoms with Gasteiger partial charge in [-0.2, -0.15) is 0 Å². The van der Waals surface area contributed by atoms with Gasteiger partial charge in [-0.15, -0.1) is 11.8 Å². The molecule has 0 unspecified atom stereocenters. The second-order valence-electron chi connectivity index (χ2n) is 6.40. The second-order valence-corrected chi connectivity index (χ2v) is 9.10. The highest BCUT2D eigenvalue weighted by atomic mass is 32.2. The molecule has 0 fully saturated rings. The molecule has 148 valence electrons. The van der Waals surface area contributed by atoms with Crippen LogP contribution < -0.4 is 9.62 Å². The van der Waals surface area contributed by atoms with Crippen molar-refractivity contribution in [1.29, 1.82) is 0 Å². The number of aryl methyl sites for hydroxylation is 2. The van der Waals surface area contributed by atoms with E-state index in [0.717, 1.165) is 16.0 Å². The van der Waals surface area contributed by atoms with E-state index in [-0.39, 0.29) is 23.1 Å². The van der Waals surface area contributed by atoms with E-state index in [1.165, 1.54) is 35.9 Å². The van der Waals surface area contributed by atoms with Crippen LogP contribution in [-0.4, -0.2) is 39.7 Å². The fourth-order valence-electron chi connectivity index (χ4n) is 2.77. The number of benzene rings is 2. The molecule has 2 aromatic rings. The number of nitrogens with one attached hydrogen (secondary N) is 1. The van der Waals surface area contributed by atoms with Crippen LogP contribution in [0.2, 0.25) is 0 Å². The van der Waals surface area contributed by atoms with Crippen molar-refractivity contribution < 1.29 is 22.7 Å². The normalized spacial score (nSPS) is 13.8. The van der Waals surface area contributed by atoms with E-state index in [9.17, 15) is 18.0 Å². The molecule has 1 aliphatic rings. The van der Waals surface area contributed by atoms with Crippen molar-refractivity contribution in [3.05, 3.63) is 47.5 Å². The minimum atomic E-state index is -3.87. The number of nitrogens with zero attached hydrogens (tertiary/aromatic N) is 1. The van der Waals surface area contributed by atoms with Gasteiger partial charge in [-0.05, 0) is 49.2 Å². The molecular formula is C19H20N2O5S2. The highest BCUT2D eigenvalue weighted by molar-refractivity contribution is 8.00. The van der Waals surface area contributed by atoms with Gasteiger partial charge in [0.2, 0.25) is 5.91 Å². The van der Waals surface area contributed by atoms with Crippen molar-refractivity contribution in [2.45, 2.75) is 23.6 Å². The predicted molar refractivity (Wildman–Crippen MR) is 108 cm³/mol. The molecular weight excluding hydrogens is 400 g/mol. The Morgan fingerprint density at radius 1 is 1.21 bits per heavy atom. The first-order valence-corrected chi connectivity index (χ1v) is 10.9. The summed E-state index contributed by atoms with van der Waals surface area (Å²) in [6.45, 7) is 3.43. The summed E-state index contributed by atoms with van der Waals surface area (Å²) in [5.41, 5.74) is 2.61. The third kappa shape index (κ3) is 4.15. The number of amides is 1. The molecule has 9 heteroatoms. The van der Waals surface area contributed by atoms with E-state index in [1.54, 1.807) is 12.1 Å². The molecule has 0 spiro atoms. The van der Waals surface area contributed by atoms with Gasteiger partial charge in [-0.25, -0.2) is 8.42 Å². The van der Waals surface area contributed by atoms with Gasteiger partial charge in [0.05, 0.1) is 29.1 Å². The molecule has 28 heavy (non-hydrogen) atoms. The first kappa shape index (κ1) is 20.2. The van der Waals surface area contributed by atoms with Gasteiger partial charge in [0.15, 0.2) is 0 Å². The monoisotopic (exact) mass is 420 g/mol. The van der Waals surface area contributed by atoms with Gasteiger partial charge in [-0.1, -0.05) is 12.1 Å². The number of hydrogen-bond acceptors (Lipinski definition) is 6. The molecule has 0 aliphatic carbocycles. The summed E-state index contributed by atoms with van der Waals surface area (Å²) in [7, 11) is -2.64. The topological polar surface area (TPSA) is 92.8 Å². The van der Waals surface area contributed by atoms with Gasteiger partial charge in [-0.3, -0.25) is 19.2 Å². The number of carbonyl (C=O) groups is 2. The number of anilines is 2. The van der Waals surface area contributed by atoms with Crippen LogP contribution in [0.1, 0.15) is 11.1 Å². The van der Waals surface area contributed by atoms with Crippen LogP contribution in [0.4, 0.5) is 11.4 Å². The SMILES string of the molecule is COC(=O)CN1C(=O)CSc2ccc(S(=O)(=O)Nc3cc(C)ccc3C)cc21. The molecule has 1 N–H and O–H groups in total. The second kappa shape index (κ2) is 7.84. The lowest BCUT2D eigenvalue weighted by atomic mass is 10.1. The van der Waals surface area contributed by atoms with Crippen LogP contribution in [0.3, 0.4) is 0 Å². The van der Waals surface area contributed by atoms with Crippen molar-refractivity contribution in [2.75, 3.05) is 29.0 Å². The zero-order valence-corrected chi connectivity index (χ0v) is 17.3. The standard InChI is InChI=1S/C19H20N2O5S2/c1-12-4-5-13(2)15(8-12)20-28(24,25)14-6-7-17-16(9-14)21(10-19(23)26-3)18(22)11-27-17/h4-9,20H,10-11H2,1-3H3. The number of esters is 1. The number of methoxy groups -OCH3 is 1. The van der Waals surface area contributed by atoms with Crippen molar-refractivity contribution in [1.82, 2.24) is 0 Å². The van der Waals surface area contributed by atoms with E-state index in [4.69, 9.17) is 0 Å². The van der Waals surface area contributed by atoms with Gasteiger partial charge in [0.1, 0.15) is 6.54 Å². The Labute approximate surface area is 168 Å². The Morgan fingerprint density at radius 3 is 2.68 bits per heavy atom. The maximum atomic E-state index is 12.9. The number of carbonyl (C=O) groups excluding carboxylic acids is 2. The highest BCUT2D eigenvalue weighted by Gasteiger charge is 2.29. The summed E-state index contributed by atoms with van der Waals surface area (Å²) in [6, 6.07) is 10.1. The summed E-state index contributed by atoms with van der Waals surface area (Å²) in [5.74, 6) is -0.676. The number of ether oxygens (including phenoxy) is 1. The van der Waals surface area contributed by atoms with Crippen LogP contribution >= 0.6 is 11.8 Å². The quantitative estimate of drug-likeness (QED) is 0.748. The van der Waals surface area contributed by atoms with Crippen molar-refractivity contribution in [2.24, 2.45) is 0 Å². The molecule has 0 saturated heterocycles. The van der Waals surface area contributed by atoms with E-state index >= 15 is 0 Å².